The number of rotatable bonds is 4. The van der Waals surface area contributed by atoms with Crippen LogP contribution < -0.4 is 5.19 Å². The van der Waals surface area contributed by atoms with Crippen molar-refractivity contribution in [3.63, 3.8) is 0 Å². The molecule has 0 unspecified atom stereocenters. The Balaban J connectivity index is 0.000000198. The van der Waals surface area contributed by atoms with Crippen LogP contribution in [0.25, 0.3) is 66.7 Å². The molecule has 0 aliphatic carbocycles. The number of aryl methyl sites for hydroxylation is 2. The molecule has 0 spiro atoms. The van der Waals surface area contributed by atoms with Crippen LogP contribution in [-0.2, 0) is 32.1 Å². The van der Waals surface area contributed by atoms with E-state index in [0.29, 0.717) is 5.71 Å². The smallest absolute Gasteiger partial charge is 0.216 e. The van der Waals surface area contributed by atoms with Gasteiger partial charge in [-0.15, -0.1) is 53.6 Å². The van der Waals surface area contributed by atoms with Crippen LogP contribution in [0.1, 0.15) is 58.4 Å². The van der Waals surface area contributed by atoms with Gasteiger partial charge in [0.2, 0.25) is 5.71 Å². The number of imidazole rings is 1. The molecule has 8 aromatic rings. The van der Waals surface area contributed by atoms with Crippen LogP contribution >= 0.6 is 0 Å². The fourth-order valence-corrected chi connectivity index (χ4v) is 8.81. The van der Waals surface area contributed by atoms with Gasteiger partial charge in [0.25, 0.3) is 0 Å². The first-order valence-electron chi connectivity index (χ1n) is 18.4. The first-order valence-corrected chi connectivity index (χ1v) is 21.9. The minimum atomic E-state index is -1.37. The summed E-state index contributed by atoms with van der Waals surface area (Å²) < 4.78 is 8.55. The molecule has 0 aliphatic rings. The Morgan fingerprint density at radius 1 is 0.852 bits per heavy atom. The number of fused-ring (bicyclic) bond motifs is 6. The molecule has 5 heterocycles. The van der Waals surface area contributed by atoms with Crippen LogP contribution in [0.5, 0.6) is 0 Å². The molecule has 8 heteroatoms. The van der Waals surface area contributed by atoms with E-state index in [-0.39, 0.29) is 31.1 Å². The van der Waals surface area contributed by atoms with Crippen molar-refractivity contribution in [3.05, 3.63) is 114 Å². The molecular weight excluding hydrogens is 859 g/mol. The maximum absolute atomic E-state index is 6.28. The Bertz CT molecular complexity index is 2620. The number of hydrogen-bond donors (Lipinski definition) is 0. The largest absolute Gasteiger partial charge is 0.486 e. The SMILES string of the molecule is CC(C)(C)Cc1cc(-c2[c-]cccc2)ncc1[Si](C)(C)C.Cc1ccc2ccc3nc(-c4[c-]cc(C)c5c4oc4ncccc45)n(C(C)(C)C)c3c2n1.[Ir]. The summed E-state index contributed by atoms with van der Waals surface area (Å²) in [6.45, 7) is 24.8. The molecule has 0 amide bonds. The fraction of sp³-hybridized carbons (Fsp3) is 0.304. The summed E-state index contributed by atoms with van der Waals surface area (Å²) in [4.78, 5) is 19.1. The van der Waals surface area contributed by atoms with Crippen molar-refractivity contribution < 1.29 is 24.5 Å². The quantitative estimate of drug-likeness (QED) is 0.130. The van der Waals surface area contributed by atoms with Crippen molar-refractivity contribution in [2.24, 2.45) is 5.41 Å². The average molecular weight is 908 g/mol. The number of nitrogens with zero attached hydrogens (tertiary/aromatic N) is 5. The van der Waals surface area contributed by atoms with Crippen molar-refractivity contribution >= 4 is 57.3 Å². The van der Waals surface area contributed by atoms with Gasteiger partial charge in [-0.1, -0.05) is 82.0 Å². The standard InChI is InChI=1S/C27H23N4O.C19H26NSi.Ir/c1-15-8-12-19(24-21(15)18-7-6-14-28-26(18)32-24)25-30-20-13-11-17-10-9-16(2)29-22(17)23(20)31(25)27(3,4)5;1-19(2,3)13-16-12-17(15-10-8-7-9-11-15)20-14-18(16)21(4,5)6;/h6-11,13-14H,1-5H3;7-10,12,14H,13H2,1-6H3;/q2*-1;. The first kappa shape index (κ1) is 39.2. The summed E-state index contributed by atoms with van der Waals surface area (Å²) in [5.41, 5.74) is 10.9. The van der Waals surface area contributed by atoms with E-state index in [1.165, 1.54) is 10.8 Å². The predicted molar refractivity (Wildman–Crippen MR) is 223 cm³/mol. The first-order chi connectivity index (χ1) is 25.0. The second kappa shape index (κ2) is 14.6. The third-order valence-electron chi connectivity index (χ3n) is 9.53. The number of benzene rings is 3. The van der Waals surface area contributed by atoms with Gasteiger partial charge in [0.1, 0.15) is 0 Å². The molecule has 0 fully saturated rings. The van der Waals surface area contributed by atoms with E-state index < -0.39 is 8.07 Å². The summed E-state index contributed by atoms with van der Waals surface area (Å²) in [7, 11) is -1.37. The Morgan fingerprint density at radius 2 is 1.61 bits per heavy atom. The third kappa shape index (κ3) is 7.70. The van der Waals surface area contributed by atoms with Gasteiger partial charge in [-0.25, -0.2) is 4.98 Å². The van der Waals surface area contributed by atoms with Crippen LogP contribution in [0, 0.1) is 31.4 Å². The third-order valence-corrected chi connectivity index (χ3v) is 11.6. The van der Waals surface area contributed by atoms with Gasteiger partial charge in [-0.05, 0) is 74.7 Å². The maximum atomic E-state index is 6.28. The molecule has 1 radical (unpaired) electrons. The van der Waals surface area contributed by atoms with Crippen LogP contribution in [-0.4, -0.2) is 32.6 Å². The summed E-state index contributed by atoms with van der Waals surface area (Å²) >= 11 is 0. The van der Waals surface area contributed by atoms with E-state index in [1.54, 1.807) is 6.20 Å². The van der Waals surface area contributed by atoms with Crippen molar-refractivity contribution in [2.45, 2.75) is 87.0 Å². The maximum Gasteiger partial charge on any atom is 0.216 e. The number of hydrogen-bond acceptors (Lipinski definition) is 5. The molecule has 279 valence electrons. The molecule has 0 saturated heterocycles. The van der Waals surface area contributed by atoms with E-state index in [0.717, 1.165) is 78.6 Å². The minimum Gasteiger partial charge on any atom is -0.486 e. The van der Waals surface area contributed by atoms with Crippen molar-refractivity contribution in [2.75, 3.05) is 0 Å². The topological polar surface area (TPSA) is 69.6 Å². The minimum absolute atomic E-state index is 0. The molecule has 54 heavy (non-hydrogen) atoms. The second-order valence-corrected chi connectivity index (χ2v) is 22.4. The average Bonchev–Trinajstić information content (AvgIpc) is 3.68. The van der Waals surface area contributed by atoms with Gasteiger partial charge in [-0.2, -0.15) is 0 Å². The Hall–Kier alpha value is -4.49. The Labute approximate surface area is 333 Å². The van der Waals surface area contributed by atoms with Gasteiger partial charge in [0.05, 0.1) is 36.0 Å². The summed E-state index contributed by atoms with van der Waals surface area (Å²) in [5.74, 6) is 0.826. The van der Waals surface area contributed by atoms with E-state index >= 15 is 0 Å². The van der Waals surface area contributed by atoms with Crippen molar-refractivity contribution in [1.82, 2.24) is 24.5 Å². The van der Waals surface area contributed by atoms with E-state index in [4.69, 9.17) is 19.4 Å². The van der Waals surface area contributed by atoms with Crippen LogP contribution in [0.3, 0.4) is 0 Å². The van der Waals surface area contributed by atoms with E-state index in [1.807, 2.05) is 43.3 Å². The molecular formula is C46H49IrN5OSi-2. The summed E-state index contributed by atoms with van der Waals surface area (Å²) in [5, 5.41) is 4.66. The Kier molecular flexibility index (Phi) is 10.6. The Morgan fingerprint density at radius 3 is 2.30 bits per heavy atom. The molecule has 0 N–H and O–H groups in total. The summed E-state index contributed by atoms with van der Waals surface area (Å²) in [6, 6.07) is 31.5. The second-order valence-electron chi connectivity index (χ2n) is 17.4. The monoisotopic (exact) mass is 908 g/mol. The number of pyridine rings is 3. The molecule has 3 aromatic carbocycles. The summed E-state index contributed by atoms with van der Waals surface area (Å²) in [6.07, 6.45) is 4.96. The molecule has 8 rings (SSSR count). The van der Waals surface area contributed by atoms with Crippen LogP contribution in [0.15, 0.2) is 89.6 Å². The van der Waals surface area contributed by atoms with Gasteiger partial charge in [0, 0.05) is 54.5 Å². The predicted octanol–water partition coefficient (Wildman–Crippen LogP) is 11.4. The van der Waals surface area contributed by atoms with Gasteiger partial charge in [-0.3, -0.25) is 9.97 Å². The van der Waals surface area contributed by atoms with E-state index in [9.17, 15) is 0 Å². The van der Waals surface area contributed by atoms with Crippen molar-refractivity contribution in [3.8, 4) is 22.6 Å². The number of aromatic nitrogens is 5. The normalized spacial score (nSPS) is 12.3. The van der Waals surface area contributed by atoms with Crippen LogP contribution in [0.2, 0.25) is 19.6 Å². The molecule has 0 atom stereocenters. The molecule has 6 nitrogen and oxygen atoms in total. The fourth-order valence-electron chi connectivity index (χ4n) is 7.24. The zero-order valence-electron chi connectivity index (χ0n) is 33.3. The van der Waals surface area contributed by atoms with Gasteiger partial charge < -0.3 is 14.0 Å². The molecule has 0 aliphatic heterocycles. The molecule has 5 aromatic heterocycles. The molecule has 0 bridgehead atoms. The van der Waals surface area contributed by atoms with Gasteiger partial charge in [0.15, 0.2) is 0 Å². The zero-order valence-corrected chi connectivity index (χ0v) is 36.7. The van der Waals surface area contributed by atoms with Gasteiger partial charge >= 0.3 is 0 Å². The molecule has 0 saturated carbocycles. The zero-order chi connectivity index (χ0) is 37.9. The van der Waals surface area contributed by atoms with E-state index in [2.05, 4.69) is 132 Å². The number of furan rings is 1. The van der Waals surface area contributed by atoms with Crippen LogP contribution in [0.4, 0.5) is 0 Å². The van der Waals surface area contributed by atoms with Crippen molar-refractivity contribution in [1.29, 1.82) is 0 Å².